The first-order valence-electron chi connectivity index (χ1n) is 20.0. The number of aromatic nitrogens is 3. The van der Waals surface area contributed by atoms with E-state index in [-0.39, 0.29) is 0 Å². The van der Waals surface area contributed by atoms with Crippen LogP contribution in [0.3, 0.4) is 0 Å². The average molecular weight is 750 g/mol. The molecule has 0 radical (unpaired) electrons. The van der Waals surface area contributed by atoms with Crippen LogP contribution >= 0.6 is 0 Å². The SMILES string of the molecule is c1ccc(-c2nc(-c3cccc(-c4cc5ccc6cccc7c8cccc9ccc%10cccc(c(c4)c5c67)c%10c98)c3)nc(-c3ccc4oc5ccccc5c4c3)n2)cc1. The third-order valence-electron chi connectivity index (χ3n) is 12.2. The Kier molecular flexibility index (Phi) is 6.69. The summed E-state index contributed by atoms with van der Waals surface area (Å²) in [7, 11) is 0. The number of benzene rings is 10. The molecular formula is C55H31N3O. The molecular weight excluding hydrogens is 719 g/mol. The number of hydrogen-bond donors (Lipinski definition) is 0. The third-order valence-corrected chi connectivity index (χ3v) is 12.2. The predicted molar refractivity (Wildman–Crippen MR) is 245 cm³/mol. The summed E-state index contributed by atoms with van der Waals surface area (Å²) < 4.78 is 6.16. The Morgan fingerprint density at radius 3 is 1.42 bits per heavy atom. The van der Waals surface area contributed by atoms with Gasteiger partial charge in [0.1, 0.15) is 11.2 Å². The fourth-order valence-electron chi connectivity index (χ4n) is 9.50. The summed E-state index contributed by atoms with van der Waals surface area (Å²) in [5.41, 5.74) is 6.68. The third kappa shape index (κ3) is 4.87. The zero-order valence-corrected chi connectivity index (χ0v) is 31.6. The van der Waals surface area contributed by atoms with E-state index in [4.69, 9.17) is 19.4 Å². The first-order chi connectivity index (χ1) is 29.2. The number of para-hydroxylation sites is 1. The summed E-state index contributed by atoms with van der Waals surface area (Å²) in [4.78, 5) is 15.3. The maximum atomic E-state index is 6.16. The van der Waals surface area contributed by atoms with Crippen LogP contribution in [-0.4, -0.2) is 15.0 Å². The monoisotopic (exact) mass is 749 g/mol. The molecule has 2 heterocycles. The number of hydrogen-bond acceptors (Lipinski definition) is 4. The van der Waals surface area contributed by atoms with Gasteiger partial charge >= 0.3 is 0 Å². The second kappa shape index (κ2) is 12.3. The van der Waals surface area contributed by atoms with Crippen LogP contribution < -0.4 is 0 Å². The van der Waals surface area contributed by atoms with Gasteiger partial charge in [-0.1, -0.05) is 146 Å². The van der Waals surface area contributed by atoms with Gasteiger partial charge < -0.3 is 4.42 Å². The smallest absolute Gasteiger partial charge is 0.164 e. The zero-order valence-electron chi connectivity index (χ0n) is 31.6. The van der Waals surface area contributed by atoms with Gasteiger partial charge in [-0.05, 0) is 118 Å². The molecule has 59 heavy (non-hydrogen) atoms. The van der Waals surface area contributed by atoms with Gasteiger partial charge in [0.05, 0.1) is 0 Å². The highest BCUT2D eigenvalue weighted by Crippen LogP contribution is 2.44. The van der Waals surface area contributed by atoms with Crippen LogP contribution in [0.5, 0.6) is 0 Å². The van der Waals surface area contributed by atoms with E-state index >= 15 is 0 Å². The number of fused-ring (bicyclic) bond motifs is 5. The number of rotatable bonds is 4. The highest BCUT2D eigenvalue weighted by Gasteiger charge is 2.18. The van der Waals surface area contributed by atoms with Crippen LogP contribution in [0, 0.1) is 0 Å². The molecule has 0 fully saturated rings. The van der Waals surface area contributed by atoms with Crippen molar-refractivity contribution in [3.8, 4) is 45.3 Å². The minimum absolute atomic E-state index is 0.610. The van der Waals surface area contributed by atoms with Gasteiger partial charge in [0.15, 0.2) is 17.5 Å². The van der Waals surface area contributed by atoms with Crippen LogP contribution in [0.2, 0.25) is 0 Å². The predicted octanol–water partition coefficient (Wildman–Crippen LogP) is 14.8. The van der Waals surface area contributed by atoms with E-state index in [1.54, 1.807) is 0 Å². The molecule has 4 heteroatoms. The van der Waals surface area contributed by atoms with Gasteiger partial charge in [-0.2, -0.15) is 0 Å². The number of nitrogens with zero attached hydrogens (tertiary/aromatic N) is 3. The van der Waals surface area contributed by atoms with Gasteiger partial charge in [-0.15, -0.1) is 0 Å². The van der Waals surface area contributed by atoms with Crippen molar-refractivity contribution in [1.29, 1.82) is 0 Å². The Bertz CT molecular complexity index is 3840. The summed E-state index contributed by atoms with van der Waals surface area (Å²) >= 11 is 0. The van der Waals surface area contributed by atoms with Crippen molar-refractivity contribution in [3.63, 3.8) is 0 Å². The molecule has 0 unspecified atom stereocenters. The lowest BCUT2D eigenvalue weighted by atomic mass is 9.86. The summed E-state index contributed by atoms with van der Waals surface area (Å²) in [6.07, 6.45) is 0. The van der Waals surface area contributed by atoms with Crippen LogP contribution in [-0.2, 0) is 0 Å². The highest BCUT2D eigenvalue weighted by molar-refractivity contribution is 6.37. The van der Waals surface area contributed by atoms with Crippen molar-refractivity contribution in [2.24, 2.45) is 0 Å². The molecule has 0 N–H and O–H groups in total. The molecule has 0 saturated heterocycles. The molecule has 272 valence electrons. The molecule has 11 aromatic carbocycles. The van der Waals surface area contributed by atoms with E-state index in [1.807, 2.05) is 60.7 Å². The molecule has 0 aliphatic heterocycles. The van der Waals surface area contributed by atoms with E-state index in [0.717, 1.165) is 49.8 Å². The van der Waals surface area contributed by atoms with Crippen LogP contribution in [0.15, 0.2) is 192 Å². The van der Waals surface area contributed by atoms with Crippen molar-refractivity contribution < 1.29 is 4.42 Å². The molecule has 2 aromatic heterocycles. The topological polar surface area (TPSA) is 51.8 Å². The zero-order chi connectivity index (χ0) is 38.6. The molecule has 0 amide bonds. The molecule has 4 nitrogen and oxygen atoms in total. The lowest BCUT2D eigenvalue weighted by Gasteiger charge is -2.17. The second-order valence-electron chi connectivity index (χ2n) is 15.5. The molecule has 0 atom stereocenters. The van der Waals surface area contributed by atoms with Crippen LogP contribution in [0.25, 0.3) is 132 Å². The normalized spacial score (nSPS) is 12.1. The Balaban J connectivity index is 1.05. The second-order valence-corrected chi connectivity index (χ2v) is 15.5. The minimum Gasteiger partial charge on any atom is -0.456 e. The van der Waals surface area contributed by atoms with Crippen molar-refractivity contribution in [2.45, 2.75) is 0 Å². The Labute approximate surface area is 338 Å². The largest absolute Gasteiger partial charge is 0.456 e. The maximum Gasteiger partial charge on any atom is 0.164 e. The molecule has 0 aliphatic carbocycles. The molecule has 0 bridgehead atoms. The summed E-state index contributed by atoms with van der Waals surface area (Å²) in [6.45, 7) is 0. The van der Waals surface area contributed by atoms with Crippen LogP contribution in [0.1, 0.15) is 0 Å². The van der Waals surface area contributed by atoms with Crippen LogP contribution in [0.4, 0.5) is 0 Å². The lowest BCUT2D eigenvalue weighted by molar-refractivity contribution is 0.669. The highest BCUT2D eigenvalue weighted by atomic mass is 16.3. The maximum absolute atomic E-state index is 6.16. The van der Waals surface area contributed by atoms with E-state index in [2.05, 4.69) is 127 Å². The Morgan fingerprint density at radius 1 is 0.254 bits per heavy atom. The van der Waals surface area contributed by atoms with E-state index < -0.39 is 0 Å². The Morgan fingerprint density at radius 2 is 0.729 bits per heavy atom. The van der Waals surface area contributed by atoms with Gasteiger partial charge in [0, 0.05) is 27.5 Å². The fourth-order valence-corrected chi connectivity index (χ4v) is 9.50. The lowest BCUT2D eigenvalue weighted by Crippen LogP contribution is -2.00. The van der Waals surface area contributed by atoms with Crippen molar-refractivity contribution in [3.05, 3.63) is 188 Å². The first-order valence-corrected chi connectivity index (χ1v) is 20.0. The quantitative estimate of drug-likeness (QED) is 0.168. The molecule has 13 rings (SSSR count). The molecule has 0 saturated carbocycles. The van der Waals surface area contributed by atoms with Crippen molar-refractivity contribution in [2.75, 3.05) is 0 Å². The van der Waals surface area contributed by atoms with Gasteiger partial charge in [0.2, 0.25) is 0 Å². The average Bonchev–Trinajstić information content (AvgIpc) is 3.68. The fraction of sp³-hybridized carbons (Fsp3) is 0. The Hall–Kier alpha value is -7.95. The van der Waals surface area contributed by atoms with Crippen molar-refractivity contribution >= 4 is 86.6 Å². The molecule has 0 aliphatic rings. The minimum atomic E-state index is 0.610. The van der Waals surface area contributed by atoms with Gasteiger partial charge in [-0.3, -0.25) is 0 Å². The summed E-state index contributed by atoms with van der Waals surface area (Å²) in [6, 6.07) is 67.2. The van der Waals surface area contributed by atoms with Gasteiger partial charge in [-0.25, -0.2) is 15.0 Å². The van der Waals surface area contributed by atoms with E-state index in [0.29, 0.717) is 17.5 Å². The van der Waals surface area contributed by atoms with Crippen molar-refractivity contribution in [1.82, 2.24) is 15.0 Å². The number of furan rings is 1. The summed E-state index contributed by atoms with van der Waals surface area (Å²) in [5, 5.41) is 17.3. The van der Waals surface area contributed by atoms with E-state index in [9.17, 15) is 0 Å². The summed E-state index contributed by atoms with van der Waals surface area (Å²) in [5.74, 6) is 1.85. The molecule has 13 aromatic rings. The standard InChI is InChI=1S/C55H31N3O/c1-2-10-35(11-3-1)53-56-54(58-55(57-53)39-26-27-48-45(30-39)41-17-4-5-21-47(41)59-48)38-16-6-15-36(28-38)40-29-37-25-24-34-13-8-19-43-42-18-7-12-32-22-23-33-14-9-20-44(51(33)49(32)42)46(31-40)52(37)50(34)43/h1-31H. The van der Waals surface area contributed by atoms with E-state index in [1.165, 1.54) is 64.6 Å². The first kappa shape index (κ1) is 32.2. The molecule has 0 spiro atoms. The van der Waals surface area contributed by atoms with Gasteiger partial charge in [0.25, 0.3) is 0 Å².